The number of unbranched alkanes of at least 4 members (excludes halogenated alkanes) is 3. The number of piperidine rings is 1. The zero-order valence-electron chi connectivity index (χ0n) is 31.5. The van der Waals surface area contributed by atoms with E-state index in [-0.39, 0.29) is 29.6 Å². The Morgan fingerprint density at radius 3 is 2.60 bits per heavy atom. The lowest BCUT2D eigenvalue weighted by atomic mass is 10.0. The predicted octanol–water partition coefficient (Wildman–Crippen LogP) is 3.63. The average Bonchev–Trinajstić information content (AvgIpc) is 3.54. The van der Waals surface area contributed by atoms with E-state index in [0.717, 1.165) is 43.2 Å². The third-order valence-electron chi connectivity index (χ3n) is 10.6. The molecule has 294 valence electrons. The number of amides is 4. The first-order valence-electron chi connectivity index (χ1n) is 19.1. The molecule has 2 fully saturated rings. The van der Waals surface area contributed by atoms with Crippen LogP contribution in [-0.4, -0.2) is 82.9 Å². The van der Waals surface area contributed by atoms with Gasteiger partial charge in [0.2, 0.25) is 11.8 Å². The molecule has 4 amide bonds. The number of benzene rings is 2. The fourth-order valence-electron chi connectivity index (χ4n) is 7.44. The van der Waals surface area contributed by atoms with Crippen molar-refractivity contribution in [2.45, 2.75) is 69.6 Å². The molecule has 6 aromatic rings. The molecular formula is C40H42FN11O5. The van der Waals surface area contributed by atoms with Crippen molar-refractivity contribution in [3.63, 3.8) is 0 Å². The first-order valence-corrected chi connectivity index (χ1v) is 19.1. The fraction of sp³-hybridized carbons (Fsp3) is 0.350. The number of nitrogens with one attached hydrogen (secondary N) is 4. The summed E-state index contributed by atoms with van der Waals surface area (Å²) in [6, 6.07) is 13.5. The van der Waals surface area contributed by atoms with E-state index in [9.17, 15) is 28.4 Å². The number of hydrogen-bond acceptors (Lipinski definition) is 9. The summed E-state index contributed by atoms with van der Waals surface area (Å²) in [4.78, 5) is 67.8. The Kier molecular flexibility index (Phi) is 10.1. The van der Waals surface area contributed by atoms with E-state index >= 15 is 0 Å². The summed E-state index contributed by atoms with van der Waals surface area (Å²) in [5.41, 5.74) is 5.88. The van der Waals surface area contributed by atoms with Crippen molar-refractivity contribution >= 4 is 46.0 Å². The van der Waals surface area contributed by atoms with Crippen molar-refractivity contribution in [1.82, 2.24) is 49.5 Å². The number of imide groups is 1. The maximum absolute atomic E-state index is 13.4. The Hall–Kier alpha value is -6.65. The van der Waals surface area contributed by atoms with Crippen molar-refractivity contribution in [3.8, 4) is 16.9 Å². The Morgan fingerprint density at radius 1 is 1.00 bits per heavy atom. The van der Waals surface area contributed by atoms with Crippen LogP contribution in [0.15, 0.2) is 71.9 Å². The number of imidazole rings is 2. The Bertz CT molecular complexity index is 2610. The molecule has 4 aromatic heterocycles. The smallest absolute Gasteiger partial charge is 0.329 e. The van der Waals surface area contributed by atoms with Gasteiger partial charge in [-0.05, 0) is 61.6 Å². The number of para-hydroxylation sites is 1. The highest BCUT2D eigenvalue weighted by Crippen LogP contribution is 2.28. The van der Waals surface area contributed by atoms with Crippen molar-refractivity contribution < 1.29 is 23.6 Å². The highest BCUT2D eigenvalue weighted by molar-refractivity contribution is 6.00. The lowest BCUT2D eigenvalue weighted by molar-refractivity contribution is -0.135. The number of aryl methyl sites for hydroxylation is 2. The Morgan fingerprint density at radius 2 is 1.81 bits per heavy atom. The minimum absolute atomic E-state index is 0.192. The van der Waals surface area contributed by atoms with Crippen LogP contribution in [0.25, 0.3) is 33.6 Å². The number of carbonyl (C=O) groups excluding carboxylic acids is 4. The molecule has 1 unspecified atom stereocenters. The van der Waals surface area contributed by atoms with E-state index in [1.807, 2.05) is 24.3 Å². The summed E-state index contributed by atoms with van der Waals surface area (Å²) >= 11 is 0. The number of alkyl halides is 1. The Labute approximate surface area is 325 Å². The topological polar surface area (TPSA) is 191 Å². The van der Waals surface area contributed by atoms with E-state index in [1.54, 1.807) is 60.0 Å². The number of anilines is 1. The molecule has 57 heavy (non-hydrogen) atoms. The van der Waals surface area contributed by atoms with Crippen molar-refractivity contribution in [3.05, 3.63) is 94.4 Å². The molecule has 5 heterocycles. The summed E-state index contributed by atoms with van der Waals surface area (Å²) in [6.45, 7) is 0.513. The number of halogens is 1. The van der Waals surface area contributed by atoms with Gasteiger partial charge in [-0.15, -0.1) is 0 Å². The molecule has 2 aromatic carbocycles. The standard InChI is InChI=1S/C40H42FN11O5/c1-42-30-19-28(48-52-33(21-44-36(30)52)39(56)46-29-18-27(29)41)25-20-45-50(22-25)26-12-7-11-24(17-26)37(54)43-16-6-4-3-5-9-23-10-8-13-31-35(23)49(2)40(57)51(31)32-14-15-34(53)47-38(32)55/h7-8,10-13,17,19-22,27,29,32,42H,3-6,9,14-16,18H2,1-2H3,(H,43,54)(H,46,56)(H,47,53,55)/t27-,29+,32?/m0/s1. The van der Waals surface area contributed by atoms with Crippen LogP contribution in [0.4, 0.5) is 10.1 Å². The van der Waals surface area contributed by atoms with E-state index in [1.165, 1.54) is 15.3 Å². The lowest BCUT2D eigenvalue weighted by Gasteiger charge is -2.21. The molecule has 3 atom stereocenters. The van der Waals surface area contributed by atoms with Crippen LogP contribution in [0.3, 0.4) is 0 Å². The van der Waals surface area contributed by atoms with Gasteiger partial charge in [0.25, 0.3) is 11.8 Å². The fourth-order valence-corrected chi connectivity index (χ4v) is 7.44. The molecule has 17 heteroatoms. The number of hydrogen-bond donors (Lipinski definition) is 4. The van der Waals surface area contributed by atoms with Gasteiger partial charge in [-0.2, -0.15) is 10.2 Å². The molecule has 8 rings (SSSR count). The summed E-state index contributed by atoms with van der Waals surface area (Å²) < 4.78 is 19.6. The molecule has 1 aliphatic heterocycles. The normalized spacial score (nSPS) is 17.8. The van der Waals surface area contributed by atoms with E-state index < -0.39 is 30.1 Å². The third kappa shape index (κ3) is 7.39. The van der Waals surface area contributed by atoms with Gasteiger partial charge in [0, 0.05) is 50.8 Å². The molecule has 1 saturated heterocycles. The minimum atomic E-state index is -1.03. The van der Waals surface area contributed by atoms with Crippen molar-refractivity contribution in [1.29, 1.82) is 0 Å². The van der Waals surface area contributed by atoms with Gasteiger partial charge in [-0.25, -0.2) is 23.4 Å². The van der Waals surface area contributed by atoms with E-state index in [4.69, 9.17) is 0 Å². The van der Waals surface area contributed by atoms with Crippen LogP contribution in [-0.2, 0) is 23.1 Å². The molecule has 1 aliphatic carbocycles. The maximum Gasteiger partial charge on any atom is 0.329 e. The lowest BCUT2D eigenvalue weighted by Crippen LogP contribution is -2.44. The van der Waals surface area contributed by atoms with Gasteiger partial charge in [0.1, 0.15) is 12.2 Å². The van der Waals surface area contributed by atoms with Crippen LogP contribution >= 0.6 is 0 Å². The molecule has 0 bridgehead atoms. The minimum Gasteiger partial charge on any atom is -0.385 e. The van der Waals surface area contributed by atoms with E-state index in [2.05, 4.69) is 36.4 Å². The number of fused-ring (bicyclic) bond motifs is 2. The van der Waals surface area contributed by atoms with Gasteiger partial charge in [0.15, 0.2) is 11.3 Å². The highest BCUT2D eigenvalue weighted by atomic mass is 19.1. The molecule has 0 radical (unpaired) electrons. The molecular weight excluding hydrogens is 734 g/mol. The first-order chi connectivity index (χ1) is 27.6. The highest BCUT2D eigenvalue weighted by Gasteiger charge is 2.39. The van der Waals surface area contributed by atoms with E-state index in [0.29, 0.717) is 58.7 Å². The van der Waals surface area contributed by atoms with Gasteiger partial charge in [-0.3, -0.25) is 33.6 Å². The number of nitrogens with zero attached hydrogens (tertiary/aromatic N) is 7. The van der Waals surface area contributed by atoms with Gasteiger partial charge in [0.05, 0.1) is 46.5 Å². The Balaban J connectivity index is 0.852. The molecule has 4 N–H and O–H groups in total. The molecule has 1 saturated carbocycles. The van der Waals surface area contributed by atoms with Crippen LogP contribution in [0.1, 0.15) is 77.4 Å². The summed E-state index contributed by atoms with van der Waals surface area (Å²) in [5, 5.41) is 20.3. The average molecular weight is 776 g/mol. The first kappa shape index (κ1) is 37.3. The number of rotatable bonds is 14. The van der Waals surface area contributed by atoms with Gasteiger partial charge >= 0.3 is 5.69 Å². The van der Waals surface area contributed by atoms with Gasteiger partial charge in [-0.1, -0.05) is 31.0 Å². The second kappa shape index (κ2) is 15.5. The molecule has 0 spiro atoms. The summed E-state index contributed by atoms with van der Waals surface area (Å²) in [7, 11) is 3.45. The predicted molar refractivity (Wildman–Crippen MR) is 209 cm³/mol. The second-order valence-electron chi connectivity index (χ2n) is 14.5. The van der Waals surface area contributed by atoms with Gasteiger partial charge < -0.3 is 16.0 Å². The maximum atomic E-state index is 13.4. The third-order valence-corrected chi connectivity index (χ3v) is 10.6. The van der Waals surface area contributed by atoms with Crippen molar-refractivity contribution in [2.75, 3.05) is 18.9 Å². The van der Waals surface area contributed by atoms with Crippen LogP contribution in [0, 0.1) is 0 Å². The SMILES string of the molecule is CNc1cc(-c2cnn(-c3cccc(C(=O)NCCCCCCc4cccc5c4n(C)c(=O)n5C4CCC(=O)NC4=O)c3)c2)nn2c(C(=O)N[C@@H]3C[C@@H]3F)cnc12. The van der Waals surface area contributed by atoms with Crippen LogP contribution < -0.4 is 27.0 Å². The summed E-state index contributed by atoms with van der Waals surface area (Å²) in [5.74, 6) is -1.42. The number of carbonyl (C=O) groups is 4. The van der Waals surface area contributed by atoms with Crippen LogP contribution in [0.5, 0.6) is 0 Å². The molecule has 16 nitrogen and oxygen atoms in total. The monoisotopic (exact) mass is 775 g/mol. The second-order valence-corrected chi connectivity index (χ2v) is 14.5. The van der Waals surface area contributed by atoms with Crippen LogP contribution in [0.2, 0.25) is 0 Å². The zero-order chi connectivity index (χ0) is 39.8. The quantitative estimate of drug-likeness (QED) is 0.0946. The van der Waals surface area contributed by atoms with Crippen molar-refractivity contribution in [2.24, 2.45) is 7.05 Å². The largest absolute Gasteiger partial charge is 0.385 e. The number of aromatic nitrogens is 7. The zero-order valence-corrected chi connectivity index (χ0v) is 31.5. The summed E-state index contributed by atoms with van der Waals surface area (Å²) in [6.07, 6.45) is 8.87. The molecule has 2 aliphatic rings.